The average molecular weight is 541 g/mol. The summed E-state index contributed by atoms with van der Waals surface area (Å²) >= 11 is 0. The van der Waals surface area contributed by atoms with E-state index in [1.54, 1.807) is 7.05 Å². The molecule has 0 aliphatic carbocycles. The minimum Gasteiger partial charge on any atom is -0.355 e. The molecule has 1 aliphatic rings. The third-order valence-electron chi connectivity index (χ3n) is 5.25. The maximum absolute atomic E-state index is 12.3. The van der Waals surface area contributed by atoms with Gasteiger partial charge in [0, 0.05) is 55.0 Å². The molecule has 5 nitrogen and oxygen atoms in total. The van der Waals surface area contributed by atoms with Gasteiger partial charge in [-0.15, -0.1) is 24.0 Å². The lowest BCUT2D eigenvalue weighted by Crippen LogP contribution is -2.45. The van der Waals surface area contributed by atoms with Crippen LogP contribution in [0.5, 0.6) is 0 Å². The van der Waals surface area contributed by atoms with Crippen LogP contribution >= 0.6 is 24.0 Å². The van der Waals surface area contributed by atoms with E-state index in [4.69, 9.17) is 0 Å². The molecule has 1 fully saturated rings. The van der Waals surface area contributed by atoms with Gasteiger partial charge >= 0.3 is 0 Å². The second-order valence-corrected chi connectivity index (χ2v) is 8.98. The summed E-state index contributed by atoms with van der Waals surface area (Å²) in [5.41, 5.74) is 2.48. The highest BCUT2D eigenvalue weighted by molar-refractivity contribution is 14.0. The van der Waals surface area contributed by atoms with E-state index in [9.17, 15) is 4.21 Å². The Labute approximate surface area is 200 Å². The summed E-state index contributed by atoms with van der Waals surface area (Å²) in [7, 11) is 0.907. The monoisotopic (exact) mass is 540 g/mol. The van der Waals surface area contributed by atoms with E-state index in [1.165, 1.54) is 18.4 Å². The van der Waals surface area contributed by atoms with E-state index in [0.717, 1.165) is 31.2 Å². The van der Waals surface area contributed by atoms with E-state index in [-0.39, 0.29) is 24.0 Å². The van der Waals surface area contributed by atoms with Crippen LogP contribution in [0.15, 0.2) is 65.7 Å². The van der Waals surface area contributed by atoms with Crippen LogP contribution in [0.1, 0.15) is 24.0 Å². The molecule has 2 aromatic carbocycles. The quantitative estimate of drug-likeness (QED) is 0.291. The molecule has 2 N–H and O–H groups in total. The molecule has 0 radical (unpaired) electrons. The molecule has 0 bridgehead atoms. The number of likely N-dealkylation sites (tertiary alicyclic amines) is 1. The molecule has 0 spiro atoms. The third kappa shape index (κ3) is 8.35. The van der Waals surface area contributed by atoms with E-state index in [1.807, 2.05) is 30.3 Å². The van der Waals surface area contributed by atoms with Crippen molar-refractivity contribution in [2.75, 3.05) is 32.4 Å². The van der Waals surface area contributed by atoms with E-state index in [0.29, 0.717) is 24.1 Å². The van der Waals surface area contributed by atoms with Crippen molar-refractivity contribution < 1.29 is 4.21 Å². The van der Waals surface area contributed by atoms with Crippen molar-refractivity contribution >= 4 is 40.7 Å². The second kappa shape index (κ2) is 13.8. The minimum atomic E-state index is -0.877. The first-order valence-electron chi connectivity index (χ1n) is 10.4. The lowest BCUT2D eigenvalue weighted by Gasteiger charge is -2.25. The molecule has 7 heteroatoms. The van der Waals surface area contributed by atoms with Crippen LogP contribution in [0.4, 0.5) is 0 Å². The summed E-state index contributed by atoms with van der Waals surface area (Å²) in [6.45, 7) is 3.67. The van der Waals surface area contributed by atoms with Crippen LogP contribution in [0.3, 0.4) is 0 Å². The normalized spacial score (nSPS) is 17.9. The fourth-order valence-corrected chi connectivity index (χ4v) is 4.74. The van der Waals surface area contributed by atoms with Crippen molar-refractivity contribution in [3.8, 4) is 0 Å². The fourth-order valence-electron chi connectivity index (χ4n) is 3.70. The maximum Gasteiger partial charge on any atom is 0.191 e. The number of hydrogen-bond donors (Lipinski definition) is 2. The summed E-state index contributed by atoms with van der Waals surface area (Å²) in [5, 5.41) is 6.75. The van der Waals surface area contributed by atoms with Crippen LogP contribution in [-0.4, -0.2) is 53.5 Å². The van der Waals surface area contributed by atoms with Gasteiger partial charge in [0.25, 0.3) is 0 Å². The zero-order chi connectivity index (χ0) is 20.3. The Morgan fingerprint density at radius 2 is 1.73 bits per heavy atom. The Hall–Kier alpha value is -1.45. The van der Waals surface area contributed by atoms with Crippen LogP contribution in [-0.2, 0) is 23.1 Å². The molecular formula is C23H33IN4OS. The predicted octanol–water partition coefficient (Wildman–Crippen LogP) is 3.38. The summed E-state index contributed by atoms with van der Waals surface area (Å²) in [5.74, 6) is 2.00. The van der Waals surface area contributed by atoms with E-state index in [2.05, 4.69) is 50.9 Å². The molecule has 2 aromatic rings. The first kappa shape index (κ1) is 24.8. The first-order valence-corrected chi connectivity index (χ1v) is 11.8. The van der Waals surface area contributed by atoms with Crippen molar-refractivity contribution in [1.82, 2.24) is 15.5 Å². The van der Waals surface area contributed by atoms with Crippen molar-refractivity contribution in [2.45, 2.75) is 31.2 Å². The SMILES string of the molecule is CN=C(NCCS(=O)Cc1ccccc1)NCC1CCCN1Cc1ccccc1.I. The molecule has 0 saturated carbocycles. The van der Waals surface area contributed by atoms with Crippen molar-refractivity contribution in [3.63, 3.8) is 0 Å². The van der Waals surface area contributed by atoms with Gasteiger partial charge in [-0.1, -0.05) is 60.7 Å². The van der Waals surface area contributed by atoms with Crippen molar-refractivity contribution in [1.29, 1.82) is 0 Å². The van der Waals surface area contributed by atoms with Crippen LogP contribution in [0, 0.1) is 0 Å². The highest BCUT2D eigenvalue weighted by Crippen LogP contribution is 2.19. The van der Waals surface area contributed by atoms with Gasteiger partial charge in [-0.3, -0.25) is 14.1 Å². The number of halogens is 1. The highest BCUT2D eigenvalue weighted by atomic mass is 127. The van der Waals surface area contributed by atoms with Crippen LogP contribution in [0.25, 0.3) is 0 Å². The molecular weight excluding hydrogens is 507 g/mol. The highest BCUT2D eigenvalue weighted by Gasteiger charge is 2.24. The Morgan fingerprint density at radius 1 is 1.07 bits per heavy atom. The average Bonchev–Trinajstić information content (AvgIpc) is 3.19. The Morgan fingerprint density at radius 3 is 2.40 bits per heavy atom. The fraction of sp³-hybridized carbons (Fsp3) is 0.435. The van der Waals surface area contributed by atoms with Gasteiger partial charge in [0.2, 0.25) is 0 Å². The second-order valence-electron chi connectivity index (χ2n) is 7.41. The summed E-state index contributed by atoms with van der Waals surface area (Å²) in [6.07, 6.45) is 2.45. The molecule has 0 aromatic heterocycles. The topological polar surface area (TPSA) is 56.7 Å². The lowest BCUT2D eigenvalue weighted by atomic mass is 10.2. The molecule has 2 atom stereocenters. The molecule has 2 unspecified atom stereocenters. The van der Waals surface area contributed by atoms with Gasteiger partial charge < -0.3 is 10.6 Å². The molecule has 0 amide bonds. The van der Waals surface area contributed by atoms with Crippen LogP contribution < -0.4 is 10.6 Å². The zero-order valence-electron chi connectivity index (χ0n) is 17.6. The van der Waals surface area contributed by atoms with Gasteiger partial charge in [0.1, 0.15) is 0 Å². The molecule has 3 rings (SSSR count). The molecule has 1 saturated heterocycles. The van der Waals surface area contributed by atoms with Gasteiger partial charge in [0.05, 0.1) is 0 Å². The van der Waals surface area contributed by atoms with Gasteiger partial charge in [-0.05, 0) is 30.5 Å². The molecule has 1 heterocycles. The summed E-state index contributed by atoms with van der Waals surface area (Å²) < 4.78 is 12.3. The number of nitrogens with zero attached hydrogens (tertiary/aromatic N) is 2. The number of benzene rings is 2. The largest absolute Gasteiger partial charge is 0.355 e. The predicted molar refractivity (Wildman–Crippen MR) is 138 cm³/mol. The van der Waals surface area contributed by atoms with E-state index < -0.39 is 10.8 Å². The molecule has 30 heavy (non-hydrogen) atoms. The minimum absolute atomic E-state index is 0. The standard InChI is InChI=1S/C23H32N4OS.HI/c1-24-23(25-14-16-29(28)19-21-11-6-3-7-12-21)26-17-22-13-8-15-27(22)18-20-9-4-2-5-10-20;/h2-7,9-12,22H,8,13-19H2,1H3,(H2,24,25,26);1H. The number of nitrogens with one attached hydrogen (secondary N) is 2. The van der Waals surface area contributed by atoms with Gasteiger partial charge in [-0.2, -0.15) is 0 Å². The molecule has 1 aliphatic heterocycles. The number of guanidine groups is 1. The summed E-state index contributed by atoms with van der Waals surface area (Å²) in [6, 6.07) is 21.2. The Bertz CT molecular complexity index is 788. The smallest absolute Gasteiger partial charge is 0.191 e. The van der Waals surface area contributed by atoms with Gasteiger partial charge in [0.15, 0.2) is 5.96 Å². The van der Waals surface area contributed by atoms with Crippen LogP contribution in [0.2, 0.25) is 0 Å². The number of aliphatic imine (C=N–C) groups is 1. The van der Waals surface area contributed by atoms with Crippen molar-refractivity contribution in [2.24, 2.45) is 4.99 Å². The zero-order valence-corrected chi connectivity index (χ0v) is 20.8. The van der Waals surface area contributed by atoms with Gasteiger partial charge in [-0.25, -0.2) is 0 Å². The van der Waals surface area contributed by atoms with Crippen molar-refractivity contribution in [3.05, 3.63) is 71.8 Å². The Balaban J connectivity index is 0.00000320. The molecule has 164 valence electrons. The number of rotatable bonds is 9. The summed E-state index contributed by atoms with van der Waals surface area (Å²) in [4.78, 5) is 6.86. The number of hydrogen-bond acceptors (Lipinski definition) is 3. The Kier molecular flexibility index (Phi) is 11.4. The first-order chi connectivity index (χ1) is 14.2. The van der Waals surface area contributed by atoms with E-state index >= 15 is 0 Å². The lowest BCUT2D eigenvalue weighted by molar-refractivity contribution is 0.245. The maximum atomic E-state index is 12.3. The third-order valence-corrected chi connectivity index (χ3v) is 6.56.